The lowest BCUT2D eigenvalue weighted by atomic mass is 10.1. The van der Waals surface area contributed by atoms with Crippen molar-refractivity contribution in [2.24, 2.45) is 0 Å². The summed E-state index contributed by atoms with van der Waals surface area (Å²) in [5.41, 5.74) is 3.51. The fourth-order valence-electron chi connectivity index (χ4n) is 3.26. The third kappa shape index (κ3) is 5.31. The number of hydrogen-bond donors (Lipinski definition) is 1. The van der Waals surface area contributed by atoms with Crippen molar-refractivity contribution >= 4 is 15.7 Å². The monoisotopic (exact) mass is 387 g/mol. The molecule has 0 aliphatic carbocycles. The van der Waals surface area contributed by atoms with Crippen LogP contribution in [0, 0.1) is 0 Å². The molecule has 6 heteroatoms. The average molecular weight is 388 g/mol. The van der Waals surface area contributed by atoms with Gasteiger partial charge in [0.2, 0.25) is 10.0 Å². The van der Waals surface area contributed by atoms with Crippen molar-refractivity contribution in [3.63, 3.8) is 0 Å². The summed E-state index contributed by atoms with van der Waals surface area (Å²) in [5.74, 6) is 0. The highest BCUT2D eigenvalue weighted by molar-refractivity contribution is 7.89. The Morgan fingerprint density at radius 2 is 1.48 bits per heavy atom. The minimum atomic E-state index is -3.45. The van der Waals surface area contributed by atoms with Crippen LogP contribution in [-0.4, -0.2) is 53.1 Å². The largest absolute Gasteiger partial charge is 0.369 e. The molecule has 1 heterocycles. The van der Waals surface area contributed by atoms with Gasteiger partial charge in [0.05, 0.1) is 4.90 Å². The van der Waals surface area contributed by atoms with Crippen LogP contribution in [0.3, 0.4) is 0 Å². The van der Waals surface area contributed by atoms with Gasteiger partial charge in [-0.15, -0.1) is 0 Å². The molecule has 2 aromatic rings. The van der Waals surface area contributed by atoms with E-state index in [4.69, 9.17) is 0 Å². The fourth-order valence-corrected chi connectivity index (χ4v) is 4.29. The molecule has 0 amide bonds. The SMILES string of the molecule is CCc1ccc(S(=O)(=O)NCCc2ccc(N3CCN(C)CC3)cc2)cc1. The molecular formula is C21H29N3O2S. The summed E-state index contributed by atoms with van der Waals surface area (Å²) in [7, 11) is -1.30. The second-order valence-electron chi connectivity index (χ2n) is 7.10. The maximum absolute atomic E-state index is 12.4. The van der Waals surface area contributed by atoms with Crippen molar-refractivity contribution in [3.8, 4) is 0 Å². The van der Waals surface area contributed by atoms with Crippen molar-refractivity contribution in [2.75, 3.05) is 44.7 Å². The number of piperazine rings is 1. The lowest BCUT2D eigenvalue weighted by Crippen LogP contribution is -2.44. The van der Waals surface area contributed by atoms with Gasteiger partial charge in [0, 0.05) is 38.4 Å². The minimum Gasteiger partial charge on any atom is -0.369 e. The molecule has 1 aliphatic heterocycles. The van der Waals surface area contributed by atoms with Crippen LogP contribution in [0.25, 0.3) is 0 Å². The van der Waals surface area contributed by atoms with E-state index in [1.165, 1.54) is 5.69 Å². The third-order valence-electron chi connectivity index (χ3n) is 5.15. The Bertz CT molecular complexity index is 825. The number of aryl methyl sites for hydroxylation is 1. The van der Waals surface area contributed by atoms with Gasteiger partial charge in [-0.2, -0.15) is 0 Å². The molecular weight excluding hydrogens is 358 g/mol. The van der Waals surface area contributed by atoms with Gasteiger partial charge in [0.25, 0.3) is 0 Å². The van der Waals surface area contributed by atoms with E-state index in [2.05, 4.69) is 52.8 Å². The van der Waals surface area contributed by atoms with E-state index in [-0.39, 0.29) is 0 Å². The van der Waals surface area contributed by atoms with Gasteiger partial charge in [0.1, 0.15) is 0 Å². The molecule has 1 aliphatic rings. The maximum atomic E-state index is 12.4. The van der Waals surface area contributed by atoms with Crippen LogP contribution < -0.4 is 9.62 Å². The molecule has 0 atom stereocenters. The van der Waals surface area contributed by atoms with Gasteiger partial charge in [-0.1, -0.05) is 31.2 Å². The summed E-state index contributed by atoms with van der Waals surface area (Å²) in [4.78, 5) is 5.06. The van der Waals surface area contributed by atoms with E-state index < -0.39 is 10.0 Å². The maximum Gasteiger partial charge on any atom is 0.240 e. The van der Waals surface area contributed by atoms with Crippen LogP contribution in [0.5, 0.6) is 0 Å². The summed E-state index contributed by atoms with van der Waals surface area (Å²) < 4.78 is 27.5. The molecule has 0 saturated carbocycles. The highest BCUT2D eigenvalue weighted by atomic mass is 32.2. The number of hydrogen-bond acceptors (Lipinski definition) is 4. The number of nitrogens with one attached hydrogen (secondary N) is 1. The number of benzene rings is 2. The quantitative estimate of drug-likeness (QED) is 0.793. The van der Waals surface area contributed by atoms with Crippen molar-refractivity contribution in [1.82, 2.24) is 9.62 Å². The zero-order valence-corrected chi connectivity index (χ0v) is 17.0. The van der Waals surface area contributed by atoms with Crippen LogP contribution >= 0.6 is 0 Å². The summed E-state index contributed by atoms with van der Waals surface area (Å²) in [6.45, 7) is 6.72. The number of rotatable bonds is 7. The van der Waals surface area contributed by atoms with Crippen LogP contribution in [0.4, 0.5) is 5.69 Å². The Labute approximate surface area is 163 Å². The van der Waals surface area contributed by atoms with Crippen molar-refractivity contribution in [1.29, 1.82) is 0 Å². The van der Waals surface area contributed by atoms with Crippen LogP contribution in [0.2, 0.25) is 0 Å². The van der Waals surface area contributed by atoms with Gasteiger partial charge >= 0.3 is 0 Å². The number of anilines is 1. The van der Waals surface area contributed by atoms with Gasteiger partial charge in [-0.05, 0) is 55.3 Å². The first-order valence-corrected chi connectivity index (χ1v) is 11.1. The summed E-state index contributed by atoms with van der Waals surface area (Å²) in [6.07, 6.45) is 1.58. The molecule has 5 nitrogen and oxygen atoms in total. The second kappa shape index (κ2) is 8.87. The normalized spacial score (nSPS) is 15.9. The van der Waals surface area contributed by atoms with Gasteiger partial charge in [0.15, 0.2) is 0 Å². The average Bonchev–Trinajstić information content (AvgIpc) is 2.69. The molecule has 3 rings (SSSR count). The number of sulfonamides is 1. The summed E-state index contributed by atoms with van der Waals surface area (Å²) in [5, 5.41) is 0. The van der Waals surface area contributed by atoms with E-state index in [1.54, 1.807) is 12.1 Å². The Morgan fingerprint density at radius 3 is 2.07 bits per heavy atom. The molecule has 0 radical (unpaired) electrons. The predicted octanol–water partition coefficient (Wildman–Crippen LogP) is 2.52. The number of likely N-dealkylation sites (N-methyl/N-ethyl adjacent to an activating group) is 1. The van der Waals surface area contributed by atoms with Gasteiger partial charge < -0.3 is 9.80 Å². The molecule has 1 N–H and O–H groups in total. The Morgan fingerprint density at radius 1 is 0.889 bits per heavy atom. The summed E-state index contributed by atoms with van der Waals surface area (Å²) in [6, 6.07) is 15.5. The zero-order valence-electron chi connectivity index (χ0n) is 16.2. The van der Waals surface area contributed by atoms with E-state index in [0.29, 0.717) is 17.9 Å². The van der Waals surface area contributed by atoms with Crippen molar-refractivity contribution in [3.05, 3.63) is 59.7 Å². The van der Waals surface area contributed by atoms with Crippen LogP contribution in [-0.2, 0) is 22.9 Å². The first-order chi connectivity index (χ1) is 13.0. The Balaban J connectivity index is 1.52. The fraction of sp³-hybridized carbons (Fsp3) is 0.429. The second-order valence-corrected chi connectivity index (χ2v) is 8.87. The molecule has 0 aromatic heterocycles. The highest BCUT2D eigenvalue weighted by Gasteiger charge is 2.15. The predicted molar refractivity (Wildman–Crippen MR) is 111 cm³/mol. The van der Waals surface area contributed by atoms with Gasteiger partial charge in [-0.25, -0.2) is 13.1 Å². The Hall–Kier alpha value is -1.89. The van der Waals surface area contributed by atoms with E-state index >= 15 is 0 Å². The van der Waals surface area contributed by atoms with Crippen molar-refractivity contribution < 1.29 is 8.42 Å². The molecule has 0 spiro atoms. The lowest BCUT2D eigenvalue weighted by molar-refractivity contribution is 0.313. The lowest BCUT2D eigenvalue weighted by Gasteiger charge is -2.34. The topological polar surface area (TPSA) is 52.7 Å². The Kier molecular flexibility index (Phi) is 6.52. The first-order valence-electron chi connectivity index (χ1n) is 9.59. The zero-order chi connectivity index (χ0) is 19.3. The smallest absolute Gasteiger partial charge is 0.240 e. The molecule has 0 bridgehead atoms. The molecule has 27 heavy (non-hydrogen) atoms. The standard InChI is InChI=1S/C21H29N3O2S/c1-3-18-6-10-21(11-7-18)27(25,26)22-13-12-19-4-8-20(9-5-19)24-16-14-23(2)15-17-24/h4-11,22H,3,12-17H2,1-2H3. The minimum absolute atomic E-state index is 0.324. The number of nitrogens with zero attached hydrogens (tertiary/aromatic N) is 2. The third-order valence-corrected chi connectivity index (χ3v) is 6.63. The van der Waals surface area contributed by atoms with Crippen LogP contribution in [0.15, 0.2) is 53.4 Å². The van der Waals surface area contributed by atoms with Gasteiger partial charge in [-0.3, -0.25) is 0 Å². The first kappa shape index (κ1) is 19.9. The van der Waals surface area contributed by atoms with Crippen molar-refractivity contribution in [2.45, 2.75) is 24.7 Å². The highest BCUT2D eigenvalue weighted by Crippen LogP contribution is 2.17. The molecule has 1 fully saturated rings. The molecule has 146 valence electrons. The van der Waals surface area contributed by atoms with E-state index in [1.807, 2.05) is 12.1 Å². The molecule has 2 aromatic carbocycles. The van der Waals surface area contributed by atoms with E-state index in [0.717, 1.165) is 43.7 Å². The van der Waals surface area contributed by atoms with E-state index in [9.17, 15) is 8.42 Å². The molecule has 0 unspecified atom stereocenters. The molecule has 1 saturated heterocycles. The van der Waals surface area contributed by atoms with Crippen LogP contribution in [0.1, 0.15) is 18.1 Å². The summed E-state index contributed by atoms with van der Waals surface area (Å²) >= 11 is 0.